The van der Waals surface area contributed by atoms with Crippen molar-refractivity contribution in [1.82, 2.24) is 10.4 Å². The summed E-state index contributed by atoms with van der Waals surface area (Å²) in [7, 11) is 0. The second-order valence-electron chi connectivity index (χ2n) is 8.08. The minimum Gasteiger partial charge on any atom is -0.252 e. The Balaban J connectivity index is 1.82. The van der Waals surface area contributed by atoms with E-state index in [1.54, 1.807) is 0 Å². The smallest absolute Gasteiger partial charge is 0.0218 e. The fourth-order valence-electron chi connectivity index (χ4n) is 3.98. The van der Waals surface area contributed by atoms with Crippen molar-refractivity contribution in [3.05, 3.63) is 0 Å². The summed E-state index contributed by atoms with van der Waals surface area (Å²) in [6, 6.07) is 2.15. The Morgan fingerprint density at radius 1 is 0.842 bits per heavy atom. The first kappa shape index (κ1) is 15.3. The van der Waals surface area contributed by atoms with Crippen molar-refractivity contribution in [3.8, 4) is 0 Å². The molecule has 2 unspecified atom stereocenters. The number of hydrazine groups is 1. The van der Waals surface area contributed by atoms with Crippen LogP contribution in [-0.2, 0) is 0 Å². The van der Waals surface area contributed by atoms with Crippen molar-refractivity contribution in [1.29, 1.82) is 0 Å². The van der Waals surface area contributed by atoms with Gasteiger partial charge >= 0.3 is 0 Å². The molecular formula is C17H34N2. The Hall–Kier alpha value is -0.0800. The third-order valence-electron chi connectivity index (χ3n) is 5.48. The standard InChI is InChI=1S/C17H34N2/c1-13-7-6-8-14(2)19(13)18-16-11-9-15(10-12-16)17(3,4)5/h13-16,18H,6-12H2,1-5H3. The van der Waals surface area contributed by atoms with Crippen molar-refractivity contribution < 1.29 is 0 Å². The van der Waals surface area contributed by atoms with Gasteiger partial charge < -0.3 is 0 Å². The molecule has 1 saturated heterocycles. The lowest BCUT2D eigenvalue weighted by Gasteiger charge is -2.44. The fourth-order valence-corrected chi connectivity index (χ4v) is 3.98. The van der Waals surface area contributed by atoms with E-state index >= 15 is 0 Å². The molecule has 1 aliphatic heterocycles. The molecule has 1 N–H and O–H groups in total. The molecule has 1 aliphatic carbocycles. The summed E-state index contributed by atoms with van der Waals surface area (Å²) in [4.78, 5) is 0. The Bertz CT molecular complexity index is 263. The van der Waals surface area contributed by atoms with Crippen molar-refractivity contribution in [3.63, 3.8) is 0 Å². The second-order valence-corrected chi connectivity index (χ2v) is 8.08. The van der Waals surface area contributed by atoms with Gasteiger partial charge in [0, 0.05) is 18.1 Å². The van der Waals surface area contributed by atoms with Gasteiger partial charge in [0.25, 0.3) is 0 Å². The second kappa shape index (κ2) is 6.13. The van der Waals surface area contributed by atoms with Crippen molar-refractivity contribution in [2.75, 3.05) is 0 Å². The maximum atomic E-state index is 3.86. The van der Waals surface area contributed by atoms with E-state index in [-0.39, 0.29) is 0 Å². The third-order valence-corrected chi connectivity index (χ3v) is 5.48. The van der Waals surface area contributed by atoms with Crippen LogP contribution < -0.4 is 5.43 Å². The summed E-state index contributed by atoms with van der Waals surface area (Å²) in [6.07, 6.45) is 9.63. The molecule has 0 radical (unpaired) electrons. The number of hydrogen-bond acceptors (Lipinski definition) is 2. The van der Waals surface area contributed by atoms with Crippen LogP contribution in [-0.4, -0.2) is 23.1 Å². The van der Waals surface area contributed by atoms with Crippen molar-refractivity contribution >= 4 is 0 Å². The lowest BCUT2D eigenvalue weighted by Crippen LogP contribution is -2.56. The van der Waals surface area contributed by atoms with Crippen LogP contribution in [0.4, 0.5) is 0 Å². The maximum Gasteiger partial charge on any atom is 0.0218 e. The molecule has 2 aliphatic rings. The monoisotopic (exact) mass is 266 g/mol. The molecule has 2 heteroatoms. The van der Waals surface area contributed by atoms with Gasteiger partial charge in [0.2, 0.25) is 0 Å². The van der Waals surface area contributed by atoms with Crippen LogP contribution in [0, 0.1) is 11.3 Å². The molecule has 0 amide bonds. The summed E-state index contributed by atoms with van der Waals surface area (Å²) in [5, 5.41) is 2.56. The normalized spacial score (nSPS) is 38.4. The summed E-state index contributed by atoms with van der Waals surface area (Å²) in [6.45, 7) is 12.0. The molecule has 0 aromatic rings. The van der Waals surface area contributed by atoms with Gasteiger partial charge in [0.05, 0.1) is 0 Å². The first-order chi connectivity index (χ1) is 8.88. The van der Waals surface area contributed by atoms with Crippen LogP contribution in [0.15, 0.2) is 0 Å². The molecule has 2 rings (SSSR count). The van der Waals surface area contributed by atoms with E-state index in [1.807, 2.05) is 0 Å². The molecule has 2 fully saturated rings. The predicted octanol–water partition coefficient (Wildman–Crippen LogP) is 4.36. The zero-order valence-corrected chi connectivity index (χ0v) is 13.7. The van der Waals surface area contributed by atoms with E-state index in [4.69, 9.17) is 0 Å². The minimum atomic E-state index is 0.497. The molecule has 0 bridgehead atoms. The van der Waals surface area contributed by atoms with E-state index in [9.17, 15) is 0 Å². The summed E-state index contributed by atoms with van der Waals surface area (Å²) in [5.74, 6) is 0.918. The molecule has 2 atom stereocenters. The third kappa shape index (κ3) is 3.95. The van der Waals surface area contributed by atoms with Crippen molar-refractivity contribution in [2.45, 2.75) is 97.7 Å². The minimum absolute atomic E-state index is 0.497. The Labute approximate surface area is 120 Å². The van der Waals surface area contributed by atoms with Crippen molar-refractivity contribution in [2.24, 2.45) is 11.3 Å². The molecule has 0 aromatic heterocycles. The van der Waals surface area contributed by atoms with Gasteiger partial charge in [-0.15, -0.1) is 0 Å². The van der Waals surface area contributed by atoms with E-state index in [1.165, 1.54) is 44.9 Å². The quantitative estimate of drug-likeness (QED) is 0.799. The van der Waals surface area contributed by atoms with Crippen LogP contribution in [0.2, 0.25) is 0 Å². The maximum absolute atomic E-state index is 3.86. The fraction of sp³-hybridized carbons (Fsp3) is 1.00. The largest absolute Gasteiger partial charge is 0.252 e. The average molecular weight is 266 g/mol. The summed E-state index contributed by atoms with van der Waals surface area (Å²) >= 11 is 0. The molecular weight excluding hydrogens is 232 g/mol. The topological polar surface area (TPSA) is 15.3 Å². The molecule has 1 saturated carbocycles. The molecule has 0 spiro atoms. The van der Waals surface area contributed by atoms with Gasteiger partial charge in [-0.3, -0.25) is 5.43 Å². The highest BCUT2D eigenvalue weighted by Crippen LogP contribution is 2.38. The van der Waals surface area contributed by atoms with E-state index < -0.39 is 0 Å². The van der Waals surface area contributed by atoms with E-state index in [0.29, 0.717) is 17.5 Å². The van der Waals surface area contributed by atoms with Gasteiger partial charge in [0.15, 0.2) is 0 Å². The lowest BCUT2D eigenvalue weighted by atomic mass is 9.71. The Morgan fingerprint density at radius 2 is 1.37 bits per heavy atom. The summed E-state index contributed by atoms with van der Waals surface area (Å²) < 4.78 is 0. The van der Waals surface area contributed by atoms with Crippen LogP contribution in [0.25, 0.3) is 0 Å². The van der Waals surface area contributed by atoms with Gasteiger partial charge in [-0.2, -0.15) is 0 Å². The van der Waals surface area contributed by atoms with E-state index in [0.717, 1.165) is 12.0 Å². The number of nitrogens with zero attached hydrogens (tertiary/aromatic N) is 1. The first-order valence-corrected chi connectivity index (χ1v) is 8.42. The number of piperidine rings is 1. The molecule has 2 nitrogen and oxygen atoms in total. The first-order valence-electron chi connectivity index (χ1n) is 8.42. The van der Waals surface area contributed by atoms with Crippen LogP contribution >= 0.6 is 0 Å². The van der Waals surface area contributed by atoms with Gasteiger partial charge in [-0.25, -0.2) is 5.01 Å². The molecule has 1 heterocycles. The lowest BCUT2D eigenvalue weighted by molar-refractivity contribution is 0.0148. The highest BCUT2D eigenvalue weighted by molar-refractivity contribution is 4.85. The van der Waals surface area contributed by atoms with E-state index in [2.05, 4.69) is 45.1 Å². The number of nitrogens with one attached hydrogen (secondary N) is 1. The SMILES string of the molecule is CC1CCCC(C)N1NC1CCC(C(C)(C)C)CC1. The number of hydrogen-bond donors (Lipinski definition) is 1. The zero-order valence-electron chi connectivity index (χ0n) is 13.7. The Morgan fingerprint density at radius 3 is 1.84 bits per heavy atom. The predicted molar refractivity (Wildman–Crippen MR) is 83.0 cm³/mol. The molecule has 0 aromatic carbocycles. The highest BCUT2D eigenvalue weighted by atomic mass is 15.5. The zero-order chi connectivity index (χ0) is 14.0. The highest BCUT2D eigenvalue weighted by Gasteiger charge is 2.32. The van der Waals surface area contributed by atoms with Gasteiger partial charge in [-0.05, 0) is 63.7 Å². The van der Waals surface area contributed by atoms with Gasteiger partial charge in [0.1, 0.15) is 0 Å². The number of rotatable bonds is 2. The molecule has 112 valence electrons. The Kier molecular flexibility index (Phi) is 4.94. The molecule has 19 heavy (non-hydrogen) atoms. The van der Waals surface area contributed by atoms with Crippen LogP contribution in [0.3, 0.4) is 0 Å². The van der Waals surface area contributed by atoms with Gasteiger partial charge in [-0.1, -0.05) is 27.2 Å². The van der Waals surface area contributed by atoms with Crippen LogP contribution in [0.5, 0.6) is 0 Å². The van der Waals surface area contributed by atoms with Crippen LogP contribution in [0.1, 0.15) is 79.6 Å². The average Bonchev–Trinajstić information content (AvgIpc) is 2.33. The summed E-state index contributed by atoms with van der Waals surface area (Å²) in [5.41, 5.74) is 4.36.